The number of ether oxygens (including phenoxy) is 1. The number of alkyl halides is 3. The summed E-state index contributed by atoms with van der Waals surface area (Å²) in [5, 5.41) is 2.14. The Balaban J connectivity index is 2.90. The van der Waals surface area contributed by atoms with Crippen molar-refractivity contribution in [1.82, 2.24) is 0 Å². The monoisotopic (exact) mass is 259 g/mol. The Kier molecular flexibility index (Phi) is 4.76. The standard InChI is InChI=1S/C12H12F3NO2/c1-2-18-11(17)8-10(12(13,14)15)16-9-6-4-3-5-7-9/h3-8,16H,2H2,1H3. The lowest BCUT2D eigenvalue weighted by Crippen LogP contribution is -2.21. The molecule has 1 aromatic carbocycles. The molecule has 0 fully saturated rings. The predicted molar refractivity (Wildman–Crippen MR) is 60.8 cm³/mol. The van der Waals surface area contributed by atoms with Gasteiger partial charge < -0.3 is 10.1 Å². The molecule has 1 rings (SSSR count). The molecule has 0 bridgehead atoms. The molecule has 0 spiro atoms. The van der Waals surface area contributed by atoms with E-state index in [1.54, 1.807) is 18.2 Å². The van der Waals surface area contributed by atoms with Crippen molar-refractivity contribution in [2.45, 2.75) is 13.1 Å². The van der Waals surface area contributed by atoms with Crippen molar-refractivity contribution >= 4 is 11.7 Å². The van der Waals surface area contributed by atoms with Crippen LogP contribution in [0.25, 0.3) is 0 Å². The first-order valence-electron chi connectivity index (χ1n) is 5.21. The number of carbonyl (C=O) groups excluding carboxylic acids is 1. The summed E-state index contributed by atoms with van der Waals surface area (Å²) in [6, 6.07) is 7.77. The highest BCUT2D eigenvalue weighted by Gasteiger charge is 2.34. The number of hydrogen-bond acceptors (Lipinski definition) is 3. The molecule has 0 aliphatic heterocycles. The minimum Gasteiger partial charge on any atom is -0.463 e. The van der Waals surface area contributed by atoms with E-state index >= 15 is 0 Å². The van der Waals surface area contributed by atoms with Gasteiger partial charge in [0.15, 0.2) is 0 Å². The van der Waals surface area contributed by atoms with E-state index in [4.69, 9.17) is 0 Å². The zero-order valence-corrected chi connectivity index (χ0v) is 9.62. The van der Waals surface area contributed by atoms with Crippen LogP contribution in [0.4, 0.5) is 18.9 Å². The van der Waals surface area contributed by atoms with Gasteiger partial charge in [-0.1, -0.05) is 18.2 Å². The summed E-state index contributed by atoms with van der Waals surface area (Å²) in [6.07, 6.45) is -4.25. The fourth-order valence-corrected chi connectivity index (χ4v) is 1.17. The average Bonchev–Trinajstić information content (AvgIpc) is 2.28. The lowest BCUT2D eigenvalue weighted by molar-refractivity contribution is -0.138. The Labute approximate surface area is 102 Å². The van der Waals surface area contributed by atoms with Crippen molar-refractivity contribution in [1.29, 1.82) is 0 Å². The highest BCUT2D eigenvalue weighted by Crippen LogP contribution is 2.26. The van der Waals surface area contributed by atoms with Crippen molar-refractivity contribution in [3.8, 4) is 0 Å². The van der Waals surface area contributed by atoms with Crippen molar-refractivity contribution in [3.05, 3.63) is 42.1 Å². The third kappa shape index (κ3) is 4.48. The van der Waals surface area contributed by atoms with Gasteiger partial charge in [0.05, 0.1) is 12.7 Å². The molecule has 0 saturated heterocycles. The van der Waals surface area contributed by atoms with Gasteiger partial charge in [-0.15, -0.1) is 0 Å². The molecule has 0 aromatic heterocycles. The topological polar surface area (TPSA) is 38.3 Å². The molecule has 0 atom stereocenters. The zero-order valence-electron chi connectivity index (χ0n) is 9.62. The predicted octanol–water partition coefficient (Wildman–Crippen LogP) is 3.11. The number of esters is 1. The molecule has 0 saturated carbocycles. The van der Waals surface area contributed by atoms with E-state index in [0.29, 0.717) is 6.08 Å². The summed E-state index contributed by atoms with van der Waals surface area (Å²) in [5.41, 5.74) is -0.919. The van der Waals surface area contributed by atoms with E-state index in [-0.39, 0.29) is 12.3 Å². The van der Waals surface area contributed by atoms with Gasteiger partial charge in [0.2, 0.25) is 0 Å². The minimum absolute atomic E-state index is 0.0197. The molecule has 0 radical (unpaired) electrons. The van der Waals surface area contributed by atoms with Gasteiger partial charge >= 0.3 is 12.1 Å². The first-order valence-corrected chi connectivity index (χ1v) is 5.21. The molecular formula is C12H12F3NO2. The van der Waals surface area contributed by atoms with E-state index in [2.05, 4.69) is 10.1 Å². The number of rotatable bonds is 4. The third-order valence-corrected chi connectivity index (χ3v) is 1.91. The molecular weight excluding hydrogens is 247 g/mol. The number of carbonyl (C=O) groups is 1. The molecule has 3 nitrogen and oxygen atoms in total. The molecule has 0 unspecified atom stereocenters. The molecule has 6 heteroatoms. The van der Waals surface area contributed by atoms with Gasteiger partial charge in [-0.2, -0.15) is 13.2 Å². The van der Waals surface area contributed by atoms with Crippen molar-refractivity contribution in [3.63, 3.8) is 0 Å². The largest absolute Gasteiger partial charge is 0.463 e. The number of anilines is 1. The number of para-hydroxylation sites is 1. The van der Waals surface area contributed by atoms with Crippen LogP contribution in [0, 0.1) is 0 Å². The van der Waals surface area contributed by atoms with Crippen LogP contribution in [-0.4, -0.2) is 18.8 Å². The Morgan fingerprint density at radius 1 is 1.33 bits per heavy atom. The second kappa shape index (κ2) is 6.09. The van der Waals surface area contributed by atoms with Gasteiger partial charge in [0.25, 0.3) is 0 Å². The Bertz CT molecular complexity index is 427. The van der Waals surface area contributed by atoms with Crippen LogP contribution in [0.3, 0.4) is 0 Å². The molecule has 18 heavy (non-hydrogen) atoms. The lowest BCUT2D eigenvalue weighted by atomic mass is 10.3. The minimum atomic E-state index is -4.65. The fraction of sp³-hybridized carbons (Fsp3) is 0.250. The van der Waals surface area contributed by atoms with E-state index in [0.717, 1.165) is 0 Å². The van der Waals surface area contributed by atoms with Crippen LogP contribution < -0.4 is 5.32 Å². The highest BCUT2D eigenvalue weighted by atomic mass is 19.4. The van der Waals surface area contributed by atoms with Crippen molar-refractivity contribution < 1.29 is 22.7 Å². The zero-order chi connectivity index (χ0) is 13.6. The fourth-order valence-electron chi connectivity index (χ4n) is 1.17. The normalized spacial score (nSPS) is 12.1. The van der Waals surface area contributed by atoms with Crippen LogP contribution in [0.5, 0.6) is 0 Å². The van der Waals surface area contributed by atoms with Gasteiger partial charge in [-0.05, 0) is 19.1 Å². The van der Waals surface area contributed by atoms with Gasteiger partial charge in [0, 0.05) is 5.69 Å². The number of benzene rings is 1. The SMILES string of the molecule is CCOC(=O)C=C(Nc1ccccc1)C(F)(F)F. The molecule has 0 heterocycles. The molecule has 98 valence electrons. The molecule has 0 amide bonds. The van der Waals surface area contributed by atoms with E-state index in [9.17, 15) is 18.0 Å². The maximum Gasteiger partial charge on any atom is 0.431 e. The van der Waals surface area contributed by atoms with Crippen molar-refractivity contribution in [2.24, 2.45) is 0 Å². The number of halogens is 3. The molecule has 1 N–H and O–H groups in total. The van der Waals surface area contributed by atoms with Crippen LogP contribution in [0.15, 0.2) is 42.1 Å². The first-order chi connectivity index (χ1) is 8.43. The van der Waals surface area contributed by atoms with Gasteiger partial charge in [-0.3, -0.25) is 0 Å². The summed E-state index contributed by atoms with van der Waals surface area (Å²) in [6.45, 7) is 1.54. The molecule has 0 aliphatic carbocycles. The van der Waals surface area contributed by atoms with E-state index in [1.807, 2.05) is 0 Å². The summed E-state index contributed by atoms with van der Waals surface area (Å²) in [7, 11) is 0. The number of allylic oxidation sites excluding steroid dienone is 1. The van der Waals surface area contributed by atoms with Crippen LogP contribution in [-0.2, 0) is 9.53 Å². The quantitative estimate of drug-likeness (QED) is 0.667. The maximum atomic E-state index is 12.7. The second-order valence-corrected chi connectivity index (χ2v) is 3.30. The highest BCUT2D eigenvalue weighted by molar-refractivity contribution is 5.83. The number of nitrogens with one attached hydrogen (secondary N) is 1. The molecule has 1 aromatic rings. The maximum absolute atomic E-state index is 12.7. The van der Waals surface area contributed by atoms with Gasteiger partial charge in [0.1, 0.15) is 5.70 Å². The molecule has 0 aliphatic rings. The van der Waals surface area contributed by atoms with Crippen molar-refractivity contribution in [2.75, 3.05) is 11.9 Å². The van der Waals surface area contributed by atoms with E-state index in [1.165, 1.54) is 19.1 Å². The summed E-state index contributed by atoms with van der Waals surface area (Å²) in [5.74, 6) is -1.03. The third-order valence-electron chi connectivity index (χ3n) is 1.91. The summed E-state index contributed by atoms with van der Waals surface area (Å²) in [4.78, 5) is 11.1. The average molecular weight is 259 g/mol. The smallest absolute Gasteiger partial charge is 0.431 e. The first kappa shape index (κ1) is 14.1. The lowest BCUT2D eigenvalue weighted by Gasteiger charge is -2.13. The summed E-state index contributed by atoms with van der Waals surface area (Å²) >= 11 is 0. The second-order valence-electron chi connectivity index (χ2n) is 3.30. The Hall–Kier alpha value is -1.98. The van der Waals surface area contributed by atoms with Crippen LogP contribution >= 0.6 is 0 Å². The van der Waals surface area contributed by atoms with Crippen LogP contribution in [0.1, 0.15) is 6.92 Å². The number of hydrogen-bond donors (Lipinski definition) is 1. The van der Waals surface area contributed by atoms with E-state index < -0.39 is 17.8 Å². The van der Waals surface area contributed by atoms with Gasteiger partial charge in [-0.25, -0.2) is 4.79 Å². The summed E-state index contributed by atoms with van der Waals surface area (Å²) < 4.78 is 42.5. The Morgan fingerprint density at radius 2 is 1.94 bits per heavy atom. The Morgan fingerprint density at radius 3 is 2.44 bits per heavy atom. The van der Waals surface area contributed by atoms with Crippen LogP contribution in [0.2, 0.25) is 0 Å².